The lowest BCUT2D eigenvalue weighted by molar-refractivity contribution is -0.118. The molecule has 0 bridgehead atoms. The van der Waals surface area contributed by atoms with Crippen molar-refractivity contribution in [3.63, 3.8) is 0 Å². The highest BCUT2D eigenvalue weighted by Gasteiger charge is 2.17. The fraction of sp³-hybridized carbons (Fsp3) is 0.273. The van der Waals surface area contributed by atoms with E-state index in [0.717, 1.165) is 32.9 Å². The number of ether oxygens (including phenoxy) is 2. The van der Waals surface area contributed by atoms with Crippen LogP contribution in [0.1, 0.15) is 23.7 Å². The van der Waals surface area contributed by atoms with Gasteiger partial charge in [0.15, 0.2) is 5.16 Å². The minimum absolute atomic E-state index is 0.208. The molecule has 4 rings (SSSR count). The van der Waals surface area contributed by atoms with Crippen LogP contribution in [0.4, 0.5) is 0 Å². The van der Waals surface area contributed by atoms with Gasteiger partial charge >= 0.3 is 0 Å². The van der Waals surface area contributed by atoms with E-state index in [9.17, 15) is 4.79 Å². The van der Waals surface area contributed by atoms with E-state index in [2.05, 4.69) is 10.2 Å². The molecular formula is C22H23N5O4S2. The third-order valence-electron chi connectivity index (χ3n) is 4.82. The Kier molecular flexibility index (Phi) is 7.30. The van der Waals surface area contributed by atoms with Crippen molar-refractivity contribution in [2.45, 2.75) is 30.3 Å². The van der Waals surface area contributed by atoms with Crippen LogP contribution in [-0.2, 0) is 23.5 Å². The summed E-state index contributed by atoms with van der Waals surface area (Å²) in [7, 11) is 3.25. The van der Waals surface area contributed by atoms with E-state index in [-0.39, 0.29) is 12.3 Å². The minimum atomic E-state index is -0.374. The van der Waals surface area contributed by atoms with Crippen LogP contribution in [0.25, 0.3) is 10.6 Å². The van der Waals surface area contributed by atoms with Gasteiger partial charge in [0.05, 0.1) is 38.3 Å². The van der Waals surface area contributed by atoms with Crippen LogP contribution >= 0.6 is 23.1 Å². The van der Waals surface area contributed by atoms with Crippen molar-refractivity contribution in [1.82, 2.24) is 19.7 Å². The normalized spacial score (nSPS) is 11.0. The van der Waals surface area contributed by atoms with Gasteiger partial charge in [0, 0.05) is 30.0 Å². The summed E-state index contributed by atoms with van der Waals surface area (Å²) in [5.41, 5.74) is 7.14. The molecule has 0 unspecified atom stereocenters. The number of thiazole rings is 1. The maximum Gasteiger partial charge on any atom is 0.217 e. The van der Waals surface area contributed by atoms with E-state index >= 15 is 0 Å². The van der Waals surface area contributed by atoms with E-state index < -0.39 is 0 Å². The number of hydrogen-bond acceptors (Lipinski definition) is 9. The molecule has 11 heteroatoms. The number of hydrogen-bond donors (Lipinski definition) is 1. The highest BCUT2D eigenvalue weighted by atomic mass is 32.2. The lowest BCUT2D eigenvalue weighted by Gasteiger charge is -2.08. The number of benzene rings is 1. The van der Waals surface area contributed by atoms with Gasteiger partial charge in [0.25, 0.3) is 0 Å². The molecule has 3 aromatic heterocycles. The van der Waals surface area contributed by atoms with Crippen LogP contribution in [0, 0.1) is 0 Å². The smallest absolute Gasteiger partial charge is 0.217 e. The molecule has 2 N–H and O–H groups in total. The van der Waals surface area contributed by atoms with E-state index in [1.165, 1.54) is 11.8 Å². The summed E-state index contributed by atoms with van der Waals surface area (Å²) in [6, 6.07) is 9.40. The zero-order chi connectivity index (χ0) is 23.2. The molecule has 0 aliphatic rings. The number of nitrogens with zero attached hydrogens (tertiary/aromatic N) is 4. The van der Waals surface area contributed by atoms with Crippen molar-refractivity contribution in [3.8, 4) is 22.1 Å². The number of methoxy groups -OCH3 is 2. The van der Waals surface area contributed by atoms with E-state index in [1.807, 2.05) is 40.3 Å². The molecule has 0 saturated carbocycles. The van der Waals surface area contributed by atoms with Gasteiger partial charge in [-0.25, -0.2) is 4.98 Å². The lowest BCUT2D eigenvalue weighted by Crippen LogP contribution is -2.14. The highest BCUT2D eigenvalue weighted by Crippen LogP contribution is 2.36. The summed E-state index contributed by atoms with van der Waals surface area (Å²) in [6.07, 6.45) is 2.25. The maximum absolute atomic E-state index is 11.2. The van der Waals surface area contributed by atoms with Crippen LogP contribution in [0.3, 0.4) is 0 Å². The molecule has 1 aromatic carbocycles. The number of amides is 1. The SMILES string of the molecule is COc1ccc(-c2nc(CSc3nnc(CCC(N)=O)n3Cc3ccco3)cs2)c(OC)c1. The Labute approximate surface area is 198 Å². The number of primary amides is 1. The summed E-state index contributed by atoms with van der Waals surface area (Å²) in [6.45, 7) is 0.474. The van der Waals surface area contributed by atoms with Crippen LogP contribution in [0.15, 0.2) is 51.5 Å². The van der Waals surface area contributed by atoms with Crippen molar-refractivity contribution in [3.05, 3.63) is 59.3 Å². The Balaban J connectivity index is 1.50. The second kappa shape index (κ2) is 10.5. The number of rotatable bonds is 11. The Bertz CT molecular complexity index is 1220. The van der Waals surface area contributed by atoms with Crippen molar-refractivity contribution in [1.29, 1.82) is 0 Å². The number of thioether (sulfide) groups is 1. The predicted molar refractivity (Wildman–Crippen MR) is 126 cm³/mol. The monoisotopic (exact) mass is 485 g/mol. The van der Waals surface area contributed by atoms with Gasteiger partial charge in [-0.05, 0) is 24.3 Å². The van der Waals surface area contributed by atoms with Gasteiger partial charge in [-0.1, -0.05) is 11.8 Å². The Morgan fingerprint density at radius 3 is 2.85 bits per heavy atom. The lowest BCUT2D eigenvalue weighted by atomic mass is 10.2. The second-order valence-electron chi connectivity index (χ2n) is 7.03. The highest BCUT2D eigenvalue weighted by molar-refractivity contribution is 7.98. The topological polar surface area (TPSA) is 118 Å². The molecule has 33 heavy (non-hydrogen) atoms. The summed E-state index contributed by atoms with van der Waals surface area (Å²) in [5, 5.41) is 12.2. The first-order valence-corrected chi connectivity index (χ1v) is 12.0. The zero-order valence-electron chi connectivity index (χ0n) is 18.2. The fourth-order valence-corrected chi connectivity index (χ4v) is 4.98. The van der Waals surface area contributed by atoms with Gasteiger partial charge in [-0.3, -0.25) is 9.36 Å². The average molecular weight is 486 g/mol. The van der Waals surface area contributed by atoms with Crippen molar-refractivity contribution in [2.75, 3.05) is 14.2 Å². The third-order valence-corrected chi connectivity index (χ3v) is 6.75. The number of furan rings is 1. The summed E-state index contributed by atoms with van der Waals surface area (Å²) in [4.78, 5) is 16.0. The number of aromatic nitrogens is 4. The largest absolute Gasteiger partial charge is 0.497 e. The Morgan fingerprint density at radius 1 is 1.24 bits per heavy atom. The fourth-order valence-electron chi connectivity index (χ4n) is 3.17. The van der Waals surface area contributed by atoms with Crippen molar-refractivity contribution < 1.29 is 18.7 Å². The Morgan fingerprint density at radius 2 is 2.12 bits per heavy atom. The number of carbonyl (C=O) groups is 1. The van der Waals surface area contributed by atoms with Gasteiger partial charge in [0.2, 0.25) is 5.91 Å². The number of nitrogens with two attached hydrogens (primary N) is 1. The molecule has 0 aliphatic carbocycles. The minimum Gasteiger partial charge on any atom is -0.497 e. The van der Waals surface area contributed by atoms with E-state index in [0.29, 0.717) is 30.3 Å². The zero-order valence-corrected chi connectivity index (χ0v) is 19.8. The Hall–Kier alpha value is -3.31. The first-order valence-electron chi connectivity index (χ1n) is 10.1. The summed E-state index contributed by atoms with van der Waals surface area (Å²) >= 11 is 3.08. The molecule has 0 atom stereocenters. The second-order valence-corrected chi connectivity index (χ2v) is 8.83. The molecule has 0 spiro atoms. The molecule has 0 aliphatic heterocycles. The molecule has 0 radical (unpaired) electrons. The number of carbonyl (C=O) groups excluding carboxylic acids is 1. The first-order chi connectivity index (χ1) is 16.1. The standard InChI is InChI=1S/C22H23N5O4S2/c1-29-15-5-6-17(18(10-15)30-2)21-24-14(12-32-21)13-33-22-26-25-20(8-7-19(23)28)27(22)11-16-4-3-9-31-16/h3-6,9-10,12H,7-8,11,13H2,1-2H3,(H2,23,28). The van der Waals surface area contributed by atoms with Crippen LogP contribution in [-0.4, -0.2) is 39.9 Å². The first kappa shape index (κ1) is 22.9. The molecule has 3 heterocycles. The van der Waals surface area contributed by atoms with E-state index in [1.54, 1.807) is 31.8 Å². The molecule has 0 fully saturated rings. The van der Waals surface area contributed by atoms with Crippen LogP contribution in [0.5, 0.6) is 11.5 Å². The molecule has 0 saturated heterocycles. The molecule has 172 valence electrons. The molecular weight excluding hydrogens is 462 g/mol. The molecule has 1 amide bonds. The van der Waals surface area contributed by atoms with Gasteiger partial charge in [0.1, 0.15) is 28.1 Å². The van der Waals surface area contributed by atoms with Gasteiger partial charge < -0.3 is 19.6 Å². The van der Waals surface area contributed by atoms with Crippen molar-refractivity contribution >= 4 is 29.0 Å². The molecule has 4 aromatic rings. The quantitative estimate of drug-likeness (QED) is 0.319. The van der Waals surface area contributed by atoms with Crippen LogP contribution in [0.2, 0.25) is 0 Å². The third kappa shape index (κ3) is 5.55. The van der Waals surface area contributed by atoms with Gasteiger partial charge in [-0.2, -0.15) is 0 Å². The van der Waals surface area contributed by atoms with Gasteiger partial charge in [-0.15, -0.1) is 21.5 Å². The average Bonchev–Trinajstić information content (AvgIpc) is 3.58. The van der Waals surface area contributed by atoms with Crippen molar-refractivity contribution in [2.24, 2.45) is 5.73 Å². The number of aryl methyl sites for hydroxylation is 1. The van der Waals surface area contributed by atoms with Crippen LogP contribution < -0.4 is 15.2 Å². The predicted octanol–water partition coefficient (Wildman–Crippen LogP) is 3.77. The summed E-state index contributed by atoms with van der Waals surface area (Å²) in [5.74, 6) is 3.14. The maximum atomic E-state index is 11.2. The summed E-state index contributed by atoms with van der Waals surface area (Å²) < 4.78 is 18.2. The van der Waals surface area contributed by atoms with E-state index in [4.69, 9.17) is 24.6 Å². The molecule has 9 nitrogen and oxygen atoms in total.